The Hall–Kier alpha value is -3.04. The zero-order chi connectivity index (χ0) is 20.5. The molecule has 9 heteroatoms. The van der Waals surface area contributed by atoms with Crippen molar-refractivity contribution < 1.29 is 42.8 Å². The van der Waals surface area contributed by atoms with Crippen molar-refractivity contribution >= 4 is 11.9 Å². The minimum atomic E-state index is -0.933. The summed E-state index contributed by atoms with van der Waals surface area (Å²) in [5.74, 6) is -0.166. The molecule has 0 amide bonds. The summed E-state index contributed by atoms with van der Waals surface area (Å²) in [6.45, 7) is -0.0995. The average molecular weight is 394 g/mol. The fraction of sp³-hybridized carbons (Fsp3) is 0.368. The molecular weight excluding hydrogens is 372 g/mol. The van der Waals surface area contributed by atoms with Crippen molar-refractivity contribution in [2.45, 2.75) is 12.8 Å². The Kier molecular flexibility index (Phi) is 7.85. The smallest absolute Gasteiger partial charge is 0.338 e. The van der Waals surface area contributed by atoms with Crippen LogP contribution >= 0.6 is 0 Å². The topological polar surface area (TPSA) is 114 Å². The molecule has 2 rings (SSSR count). The van der Waals surface area contributed by atoms with Crippen LogP contribution < -0.4 is 9.47 Å². The lowest BCUT2D eigenvalue weighted by atomic mass is 10.0. The first-order valence-corrected chi connectivity index (χ1v) is 8.30. The van der Waals surface area contributed by atoms with Gasteiger partial charge in [-0.3, -0.25) is 4.79 Å². The molecule has 152 valence electrons. The Morgan fingerprint density at radius 2 is 1.75 bits per heavy atom. The largest absolute Gasteiger partial charge is 0.481 e. The van der Waals surface area contributed by atoms with Crippen molar-refractivity contribution in [1.29, 1.82) is 0 Å². The summed E-state index contributed by atoms with van der Waals surface area (Å²) < 4.78 is 31.5. The number of methoxy groups -OCH3 is 3. The Morgan fingerprint density at radius 3 is 2.39 bits per heavy atom. The van der Waals surface area contributed by atoms with Crippen LogP contribution in [0.3, 0.4) is 0 Å². The predicted octanol–water partition coefficient (Wildman–Crippen LogP) is 2.72. The molecule has 0 aliphatic carbocycles. The number of hydrogen-bond acceptors (Lipinski definition) is 8. The highest BCUT2D eigenvalue weighted by atomic mass is 16.7. The van der Waals surface area contributed by atoms with E-state index in [0.29, 0.717) is 22.8 Å². The molecule has 0 bridgehead atoms. The molecule has 0 unspecified atom stereocenters. The molecule has 0 atom stereocenters. The van der Waals surface area contributed by atoms with Crippen LogP contribution in [-0.4, -0.2) is 52.0 Å². The molecule has 0 aliphatic heterocycles. The molecular formula is C19H22O9. The lowest BCUT2D eigenvalue weighted by molar-refractivity contribution is -0.137. The standard InChI is InChI=1S/C19H22O9/c1-23-10-26-13-8-14(19(22)25-3)18(16(9-13)27-11-24-2)15-6-4-12(28-15)5-7-17(20)21/h4,6,8-9H,5,7,10-11H2,1-3H3,(H,20,21). The van der Waals surface area contributed by atoms with Crippen molar-refractivity contribution in [2.24, 2.45) is 0 Å². The van der Waals surface area contributed by atoms with E-state index in [9.17, 15) is 9.59 Å². The van der Waals surface area contributed by atoms with Crippen LogP contribution in [-0.2, 0) is 25.4 Å². The van der Waals surface area contributed by atoms with Crippen molar-refractivity contribution in [2.75, 3.05) is 34.9 Å². The normalized spacial score (nSPS) is 10.5. The number of carboxylic acids is 1. The van der Waals surface area contributed by atoms with Crippen molar-refractivity contribution in [3.63, 3.8) is 0 Å². The first-order valence-electron chi connectivity index (χ1n) is 8.30. The number of furan rings is 1. The fourth-order valence-electron chi connectivity index (χ4n) is 2.44. The minimum Gasteiger partial charge on any atom is -0.481 e. The fourth-order valence-corrected chi connectivity index (χ4v) is 2.44. The maximum absolute atomic E-state index is 12.4. The number of hydrogen-bond donors (Lipinski definition) is 1. The lowest BCUT2D eigenvalue weighted by Crippen LogP contribution is -2.09. The minimum absolute atomic E-state index is 0.0240. The second kappa shape index (κ2) is 10.3. The molecule has 0 radical (unpaired) electrons. The molecule has 2 aromatic rings. The first kappa shape index (κ1) is 21.3. The zero-order valence-corrected chi connectivity index (χ0v) is 15.9. The number of carbonyl (C=O) groups is 2. The molecule has 1 aromatic heterocycles. The molecule has 0 saturated carbocycles. The maximum Gasteiger partial charge on any atom is 0.338 e. The van der Waals surface area contributed by atoms with Gasteiger partial charge in [0.05, 0.1) is 24.7 Å². The summed E-state index contributed by atoms with van der Waals surface area (Å²) in [6, 6.07) is 6.33. The van der Waals surface area contributed by atoms with E-state index in [2.05, 4.69) is 0 Å². The van der Waals surface area contributed by atoms with Gasteiger partial charge in [-0.1, -0.05) is 0 Å². The summed E-state index contributed by atoms with van der Waals surface area (Å²) >= 11 is 0. The first-order chi connectivity index (χ1) is 13.5. The monoisotopic (exact) mass is 394 g/mol. The molecule has 0 spiro atoms. The van der Waals surface area contributed by atoms with Gasteiger partial charge in [-0.25, -0.2) is 4.79 Å². The molecule has 1 aromatic carbocycles. The van der Waals surface area contributed by atoms with Crippen LogP contribution in [0, 0.1) is 0 Å². The zero-order valence-electron chi connectivity index (χ0n) is 15.9. The number of benzene rings is 1. The second-order valence-corrected chi connectivity index (χ2v) is 5.60. The summed E-state index contributed by atoms with van der Waals surface area (Å²) in [5.41, 5.74) is 0.497. The van der Waals surface area contributed by atoms with Gasteiger partial charge in [0.1, 0.15) is 23.0 Å². The maximum atomic E-state index is 12.4. The number of aryl methyl sites for hydroxylation is 1. The summed E-state index contributed by atoms with van der Waals surface area (Å²) in [7, 11) is 4.19. The molecule has 1 N–H and O–H groups in total. The number of rotatable bonds is 11. The molecule has 0 fully saturated rings. The van der Waals surface area contributed by atoms with Crippen LogP contribution in [0.25, 0.3) is 11.3 Å². The van der Waals surface area contributed by atoms with E-state index in [-0.39, 0.29) is 37.7 Å². The third-order valence-electron chi connectivity index (χ3n) is 3.65. The van der Waals surface area contributed by atoms with E-state index in [0.717, 1.165) is 0 Å². The van der Waals surface area contributed by atoms with E-state index < -0.39 is 11.9 Å². The quantitative estimate of drug-likeness (QED) is 0.454. The van der Waals surface area contributed by atoms with Crippen LogP contribution in [0.15, 0.2) is 28.7 Å². The Morgan fingerprint density at radius 1 is 1.04 bits per heavy atom. The van der Waals surface area contributed by atoms with E-state index in [1.807, 2.05) is 0 Å². The van der Waals surface area contributed by atoms with Gasteiger partial charge in [0, 0.05) is 26.7 Å². The number of esters is 1. The Bertz CT molecular complexity index is 810. The Balaban J connectivity index is 2.51. The molecule has 1 heterocycles. The van der Waals surface area contributed by atoms with Crippen molar-refractivity contribution in [3.8, 4) is 22.8 Å². The molecule has 9 nitrogen and oxygen atoms in total. The average Bonchev–Trinajstić information content (AvgIpc) is 3.16. The van der Waals surface area contributed by atoms with Gasteiger partial charge in [0.15, 0.2) is 13.6 Å². The summed E-state index contributed by atoms with van der Waals surface area (Å²) in [4.78, 5) is 23.1. The SMILES string of the molecule is COCOc1cc(OCOC)c(-c2ccc(CCC(=O)O)o2)c(C(=O)OC)c1. The van der Waals surface area contributed by atoms with Gasteiger partial charge >= 0.3 is 11.9 Å². The van der Waals surface area contributed by atoms with Gasteiger partial charge < -0.3 is 33.2 Å². The van der Waals surface area contributed by atoms with Gasteiger partial charge in [-0.15, -0.1) is 0 Å². The van der Waals surface area contributed by atoms with Gasteiger partial charge in [0.25, 0.3) is 0 Å². The highest BCUT2D eigenvalue weighted by Gasteiger charge is 2.23. The van der Waals surface area contributed by atoms with Gasteiger partial charge in [0.2, 0.25) is 0 Å². The lowest BCUT2D eigenvalue weighted by Gasteiger charge is -2.15. The molecule has 0 aliphatic rings. The van der Waals surface area contributed by atoms with Crippen LogP contribution in [0.1, 0.15) is 22.5 Å². The number of ether oxygens (including phenoxy) is 5. The Labute approximate surface area is 161 Å². The predicted molar refractivity (Wildman–Crippen MR) is 96.4 cm³/mol. The van der Waals surface area contributed by atoms with E-state index in [4.69, 9.17) is 33.2 Å². The van der Waals surface area contributed by atoms with Crippen LogP contribution in [0.2, 0.25) is 0 Å². The van der Waals surface area contributed by atoms with Gasteiger partial charge in [-0.05, 0) is 18.2 Å². The third-order valence-corrected chi connectivity index (χ3v) is 3.65. The molecule has 28 heavy (non-hydrogen) atoms. The number of carboxylic acid groups (broad SMARTS) is 1. The number of aliphatic carboxylic acids is 1. The van der Waals surface area contributed by atoms with Crippen LogP contribution in [0.5, 0.6) is 11.5 Å². The highest BCUT2D eigenvalue weighted by Crippen LogP contribution is 2.39. The van der Waals surface area contributed by atoms with Crippen molar-refractivity contribution in [3.05, 3.63) is 35.6 Å². The van der Waals surface area contributed by atoms with E-state index in [1.165, 1.54) is 27.4 Å². The highest BCUT2D eigenvalue weighted by molar-refractivity contribution is 5.99. The summed E-state index contributed by atoms with van der Waals surface area (Å²) in [5, 5.41) is 8.83. The third kappa shape index (κ3) is 5.48. The van der Waals surface area contributed by atoms with E-state index >= 15 is 0 Å². The molecule has 0 saturated heterocycles. The van der Waals surface area contributed by atoms with Crippen molar-refractivity contribution in [1.82, 2.24) is 0 Å². The van der Waals surface area contributed by atoms with Gasteiger partial charge in [-0.2, -0.15) is 0 Å². The summed E-state index contributed by atoms with van der Waals surface area (Å²) in [6.07, 6.45) is 0.139. The van der Waals surface area contributed by atoms with Crippen LogP contribution in [0.4, 0.5) is 0 Å². The second-order valence-electron chi connectivity index (χ2n) is 5.60. The number of carbonyl (C=O) groups excluding carboxylic acids is 1. The van der Waals surface area contributed by atoms with E-state index in [1.54, 1.807) is 18.2 Å².